The number of rotatable bonds is 5. The highest BCUT2D eigenvalue weighted by atomic mass is 16.5. The molecule has 2 N–H and O–H groups in total. The SMILES string of the molecule is CCNC(=O)Nc1ccc(-c2nc3c(c(N4CCOC[C@H]4C)n2)CCN(C(=O)c2cccnc2)C3)cc1. The van der Waals surface area contributed by atoms with Crippen molar-refractivity contribution < 1.29 is 14.3 Å². The molecule has 5 rings (SSSR count). The van der Waals surface area contributed by atoms with Gasteiger partial charge in [-0.15, -0.1) is 0 Å². The number of carbonyl (C=O) groups excluding carboxylic acids is 2. The van der Waals surface area contributed by atoms with E-state index in [9.17, 15) is 9.59 Å². The standard InChI is InChI=1S/C27H31N7O3/c1-3-29-27(36)30-21-8-6-19(7-9-21)24-31-23-16-33(26(35)20-5-4-11-28-15-20)12-10-22(23)25(32-24)34-13-14-37-17-18(34)2/h4-9,11,15,18H,3,10,12-14,16-17H2,1-2H3,(H2,29,30,36)/t18-/m1/s1. The van der Waals surface area contributed by atoms with Crippen molar-refractivity contribution in [1.29, 1.82) is 0 Å². The predicted molar refractivity (Wildman–Crippen MR) is 140 cm³/mol. The Bertz CT molecular complexity index is 1270. The maximum absolute atomic E-state index is 13.2. The maximum Gasteiger partial charge on any atom is 0.319 e. The summed E-state index contributed by atoms with van der Waals surface area (Å²) in [5.41, 5.74) is 4.02. The topological polar surface area (TPSA) is 113 Å². The molecule has 1 aromatic carbocycles. The molecule has 1 atom stereocenters. The summed E-state index contributed by atoms with van der Waals surface area (Å²) >= 11 is 0. The summed E-state index contributed by atoms with van der Waals surface area (Å²) in [7, 11) is 0. The molecule has 1 saturated heterocycles. The molecule has 3 aromatic rings. The highest BCUT2D eigenvalue weighted by Crippen LogP contribution is 2.32. The number of amides is 3. The molecule has 0 radical (unpaired) electrons. The quantitative estimate of drug-likeness (QED) is 0.552. The number of anilines is 2. The molecular formula is C27H31N7O3. The molecule has 0 saturated carbocycles. The van der Waals surface area contributed by atoms with Crippen molar-refractivity contribution in [3.8, 4) is 11.4 Å². The maximum atomic E-state index is 13.2. The van der Waals surface area contributed by atoms with Gasteiger partial charge < -0.3 is 25.2 Å². The van der Waals surface area contributed by atoms with Gasteiger partial charge in [0, 0.05) is 48.8 Å². The van der Waals surface area contributed by atoms with Gasteiger partial charge in [0.15, 0.2) is 5.82 Å². The van der Waals surface area contributed by atoms with Crippen molar-refractivity contribution >= 4 is 23.4 Å². The Kier molecular flexibility index (Phi) is 7.27. The van der Waals surface area contributed by atoms with Gasteiger partial charge in [-0.2, -0.15) is 0 Å². The summed E-state index contributed by atoms with van der Waals surface area (Å²) in [6, 6.07) is 11.0. The lowest BCUT2D eigenvalue weighted by atomic mass is 10.0. The Morgan fingerprint density at radius 1 is 1.14 bits per heavy atom. The van der Waals surface area contributed by atoms with Crippen LogP contribution in [0, 0.1) is 0 Å². The van der Waals surface area contributed by atoms with Gasteiger partial charge in [0.2, 0.25) is 0 Å². The first-order chi connectivity index (χ1) is 18.0. The lowest BCUT2D eigenvalue weighted by molar-refractivity contribution is 0.0731. The van der Waals surface area contributed by atoms with Gasteiger partial charge in [0.25, 0.3) is 5.91 Å². The largest absolute Gasteiger partial charge is 0.377 e. The molecule has 10 heteroatoms. The smallest absolute Gasteiger partial charge is 0.319 e. The number of aromatic nitrogens is 3. The van der Waals surface area contributed by atoms with E-state index in [4.69, 9.17) is 14.7 Å². The molecule has 3 amide bonds. The van der Waals surface area contributed by atoms with E-state index < -0.39 is 0 Å². The zero-order valence-electron chi connectivity index (χ0n) is 21.1. The first-order valence-electron chi connectivity index (χ1n) is 12.6. The number of urea groups is 1. The highest BCUT2D eigenvalue weighted by Gasteiger charge is 2.30. The molecule has 0 aliphatic carbocycles. The number of hydrogen-bond donors (Lipinski definition) is 2. The van der Waals surface area contributed by atoms with Gasteiger partial charge >= 0.3 is 6.03 Å². The molecule has 0 spiro atoms. The molecule has 192 valence electrons. The minimum Gasteiger partial charge on any atom is -0.377 e. The van der Waals surface area contributed by atoms with Crippen LogP contribution in [-0.2, 0) is 17.7 Å². The van der Waals surface area contributed by atoms with Crippen molar-refractivity contribution in [2.75, 3.05) is 43.1 Å². The van der Waals surface area contributed by atoms with Crippen molar-refractivity contribution in [2.45, 2.75) is 32.9 Å². The number of ether oxygens (including phenoxy) is 1. The molecule has 0 bridgehead atoms. The number of hydrogen-bond acceptors (Lipinski definition) is 7. The zero-order chi connectivity index (χ0) is 25.8. The van der Waals surface area contributed by atoms with Crippen LogP contribution < -0.4 is 15.5 Å². The minimum absolute atomic E-state index is 0.0546. The fourth-order valence-corrected chi connectivity index (χ4v) is 4.70. The van der Waals surface area contributed by atoms with E-state index in [-0.39, 0.29) is 18.0 Å². The monoisotopic (exact) mass is 501 g/mol. The van der Waals surface area contributed by atoms with Crippen LogP contribution in [0.1, 0.15) is 35.5 Å². The zero-order valence-corrected chi connectivity index (χ0v) is 21.1. The van der Waals surface area contributed by atoms with Crippen LogP contribution >= 0.6 is 0 Å². The van der Waals surface area contributed by atoms with E-state index in [0.29, 0.717) is 56.3 Å². The second-order valence-electron chi connectivity index (χ2n) is 9.19. The Morgan fingerprint density at radius 3 is 2.70 bits per heavy atom. The van der Waals surface area contributed by atoms with E-state index in [1.165, 1.54) is 0 Å². The Labute approximate surface area is 216 Å². The minimum atomic E-state index is -0.248. The summed E-state index contributed by atoms with van der Waals surface area (Å²) in [4.78, 5) is 43.2. The number of benzene rings is 1. The number of nitrogens with one attached hydrogen (secondary N) is 2. The van der Waals surface area contributed by atoms with Gasteiger partial charge in [-0.3, -0.25) is 9.78 Å². The molecule has 4 heterocycles. The third kappa shape index (κ3) is 5.39. The van der Waals surface area contributed by atoms with Gasteiger partial charge in [-0.25, -0.2) is 14.8 Å². The third-order valence-electron chi connectivity index (χ3n) is 6.62. The fourth-order valence-electron chi connectivity index (χ4n) is 4.70. The molecule has 2 aliphatic heterocycles. The van der Waals surface area contributed by atoms with Gasteiger partial charge in [-0.1, -0.05) is 0 Å². The second-order valence-corrected chi connectivity index (χ2v) is 9.19. The summed E-state index contributed by atoms with van der Waals surface area (Å²) < 4.78 is 5.67. The summed E-state index contributed by atoms with van der Waals surface area (Å²) in [5, 5.41) is 5.53. The Morgan fingerprint density at radius 2 is 1.97 bits per heavy atom. The number of nitrogens with zero attached hydrogens (tertiary/aromatic N) is 5. The number of pyridine rings is 1. The van der Waals surface area contributed by atoms with Crippen LogP contribution in [0.5, 0.6) is 0 Å². The molecule has 0 unspecified atom stereocenters. The molecule has 37 heavy (non-hydrogen) atoms. The van der Waals surface area contributed by atoms with Crippen molar-refractivity contribution in [3.05, 3.63) is 65.6 Å². The van der Waals surface area contributed by atoms with Crippen LogP contribution in [0.4, 0.5) is 16.3 Å². The summed E-state index contributed by atoms with van der Waals surface area (Å²) in [5.74, 6) is 1.45. The van der Waals surface area contributed by atoms with Crippen molar-refractivity contribution in [2.24, 2.45) is 0 Å². The average Bonchev–Trinajstić information content (AvgIpc) is 2.93. The second kappa shape index (κ2) is 10.9. The van der Waals surface area contributed by atoms with E-state index >= 15 is 0 Å². The summed E-state index contributed by atoms with van der Waals surface area (Å²) in [6.07, 6.45) is 3.94. The summed E-state index contributed by atoms with van der Waals surface area (Å²) in [6.45, 7) is 7.58. The van der Waals surface area contributed by atoms with Crippen LogP contribution in [0.3, 0.4) is 0 Å². The van der Waals surface area contributed by atoms with Crippen LogP contribution in [0.25, 0.3) is 11.4 Å². The van der Waals surface area contributed by atoms with Crippen LogP contribution in [0.2, 0.25) is 0 Å². The number of fused-ring (bicyclic) bond motifs is 1. The lowest BCUT2D eigenvalue weighted by Crippen LogP contribution is -2.45. The van der Waals surface area contributed by atoms with Crippen LogP contribution in [-0.4, -0.2) is 70.7 Å². The molecule has 2 aromatic heterocycles. The fraction of sp³-hybridized carbons (Fsp3) is 0.370. The average molecular weight is 502 g/mol. The van der Waals surface area contributed by atoms with Crippen LogP contribution in [0.15, 0.2) is 48.8 Å². The highest BCUT2D eigenvalue weighted by molar-refractivity contribution is 5.94. The molecular weight excluding hydrogens is 470 g/mol. The first kappa shape index (κ1) is 24.6. The molecule has 10 nitrogen and oxygen atoms in total. The van der Waals surface area contributed by atoms with E-state index in [0.717, 1.165) is 29.2 Å². The van der Waals surface area contributed by atoms with E-state index in [1.54, 1.807) is 24.5 Å². The third-order valence-corrected chi connectivity index (χ3v) is 6.62. The first-order valence-corrected chi connectivity index (χ1v) is 12.6. The van der Waals surface area contributed by atoms with E-state index in [1.807, 2.05) is 36.1 Å². The predicted octanol–water partition coefficient (Wildman–Crippen LogP) is 3.10. The van der Waals surface area contributed by atoms with E-state index in [2.05, 4.69) is 27.4 Å². The Balaban J connectivity index is 1.48. The molecule has 1 fully saturated rings. The number of carbonyl (C=O) groups is 2. The normalized spacial score (nSPS) is 17.2. The van der Waals surface area contributed by atoms with Crippen molar-refractivity contribution in [3.63, 3.8) is 0 Å². The molecule has 2 aliphatic rings. The van der Waals surface area contributed by atoms with Gasteiger partial charge in [0.05, 0.1) is 37.1 Å². The van der Waals surface area contributed by atoms with Crippen molar-refractivity contribution in [1.82, 2.24) is 25.2 Å². The number of morpholine rings is 1. The lowest BCUT2D eigenvalue weighted by Gasteiger charge is -2.37. The van der Waals surface area contributed by atoms with Gasteiger partial charge in [0.1, 0.15) is 5.82 Å². The van der Waals surface area contributed by atoms with Gasteiger partial charge in [-0.05, 0) is 56.7 Å². The Hall–Kier alpha value is -4.05.